The second kappa shape index (κ2) is 3.62. The van der Waals surface area contributed by atoms with Crippen LogP contribution in [0.3, 0.4) is 0 Å². The van der Waals surface area contributed by atoms with Gasteiger partial charge in [0.2, 0.25) is 0 Å². The molecular weight excluding hydrogens is 163 g/mol. The van der Waals surface area contributed by atoms with E-state index in [1.54, 1.807) is 0 Å². The molecule has 0 unspecified atom stereocenters. The normalized spacial score (nSPS) is 17.0. The van der Waals surface area contributed by atoms with E-state index in [1.165, 1.54) is 6.42 Å². The van der Waals surface area contributed by atoms with E-state index in [4.69, 9.17) is 0 Å². The molecule has 7 heavy (non-hydrogen) atoms. The Labute approximate surface area is 69.6 Å². The van der Waals surface area contributed by atoms with Crippen molar-refractivity contribution in [2.45, 2.75) is 6.42 Å². The summed E-state index contributed by atoms with van der Waals surface area (Å²) in [7, 11) is 2.03. The molecule has 0 saturated heterocycles. The predicted molar refractivity (Wildman–Crippen MR) is 25.1 cm³/mol. The summed E-state index contributed by atoms with van der Waals surface area (Å²) in [6.07, 6.45) is 6.26. The molecule has 0 saturated carbocycles. The molecule has 1 heterocycles. The maximum Gasteiger partial charge on any atom is 0 e. The first-order valence-electron chi connectivity index (χ1n) is 2.18. The molecule has 0 aromatic heterocycles. The molecule has 0 aliphatic carbocycles. The number of nitrogens with zero attached hydrogens (tertiary/aromatic N) is 1. The Balaban J connectivity index is 0.000000360. The number of hydrogen-bond acceptors (Lipinski definition) is 1. The van der Waals surface area contributed by atoms with Crippen molar-refractivity contribution in [3.05, 3.63) is 12.3 Å². The summed E-state index contributed by atoms with van der Waals surface area (Å²) >= 11 is 0. The van der Waals surface area contributed by atoms with Gasteiger partial charge in [-0.3, -0.25) is 6.08 Å². The van der Waals surface area contributed by atoms with Gasteiger partial charge in [-0.2, -0.15) is 0 Å². The van der Waals surface area contributed by atoms with Crippen molar-refractivity contribution in [2.75, 3.05) is 13.6 Å². The van der Waals surface area contributed by atoms with Gasteiger partial charge in [0.15, 0.2) is 0 Å². The fourth-order valence-corrected chi connectivity index (χ4v) is 0.543. The van der Waals surface area contributed by atoms with Crippen LogP contribution in [0, 0.1) is 6.20 Å². The van der Waals surface area contributed by atoms with Crippen LogP contribution < -0.4 is 0 Å². The summed E-state index contributed by atoms with van der Waals surface area (Å²) < 4.78 is 0. The van der Waals surface area contributed by atoms with E-state index in [0.717, 1.165) is 6.54 Å². The molecule has 37 valence electrons. The summed E-state index contributed by atoms with van der Waals surface area (Å²) in [5.41, 5.74) is 0. The van der Waals surface area contributed by atoms with Crippen LogP contribution in [0.1, 0.15) is 6.42 Å². The van der Waals surface area contributed by atoms with Gasteiger partial charge in [0.25, 0.3) is 0 Å². The average Bonchev–Trinajstić information content (AvgIpc) is 1.86. The second-order valence-electron chi connectivity index (χ2n) is 1.54. The van der Waals surface area contributed by atoms with Crippen LogP contribution in [0.2, 0.25) is 0 Å². The molecule has 1 aliphatic rings. The zero-order valence-electron chi connectivity index (χ0n) is 4.52. The van der Waals surface area contributed by atoms with Crippen molar-refractivity contribution in [3.8, 4) is 0 Å². The van der Waals surface area contributed by atoms with Crippen LogP contribution >= 0.6 is 0 Å². The van der Waals surface area contributed by atoms with Crippen LogP contribution in [0.15, 0.2) is 6.08 Å². The van der Waals surface area contributed by atoms with Gasteiger partial charge in [0, 0.05) is 32.7 Å². The second-order valence-corrected chi connectivity index (χ2v) is 1.54. The summed E-state index contributed by atoms with van der Waals surface area (Å²) in [6.45, 7) is 1.15. The zero-order chi connectivity index (χ0) is 4.41. The minimum absolute atomic E-state index is 0. The van der Waals surface area contributed by atoms with Crippen LogP contribution in [0.25, 0.3) is 0 Å². The van der Waals surface area contributed by atoms with Gasteiger partial charge < -0.3 is 11.1 Å². The Morgan fingerprint density at radius 1 is 1.71 bits per heavy atom. The smallest absolute Gasteiger partial charge is 0 e. The standard InChI is InChI=1S/C5H8N.Y/c1-6-4-2-3-5-6;/h2H,3,5H2,1H3;/q-1;. The maximum absolute atomic E-state index is 3.03. The fourth-order valence-electron chi connectivity index (χ4n) is 0.543. The van der Waals surface area contributed by atoms with Crippen molar-refractivity contribution in [2.24, 2.45) is 0 Å². The Hall–Kier alpha value is 0.644. The predicted octanol–water partition coefficient (Wildman–Crippen LogP) is 0.636. The Morgan fingerprint density at radius 3 is 2.57 bits per heavy atom. The quantitative estimate of drug-likeness (QED) is 0.483. The molecule has 0 bridgehead atoms. The van der Waals surface area contributed by atoms with E-state index in [9.17, 15) is 0 Å². The van der Waals surface area contributed by atoms with Gasteiger partial charge in [-0.15, -0.1) is 0 Å². The van der Waals surface area contributed by atoms with Crippen molar-refractivity contribution in [1.29, 1.82) is 0 Å². The van der Waals surface area contributed by atoms with E-state index in [0.29, 0.717) is 0 Å². The van der Waals surface area contributed by atoms with Gasteiger partial charge in [0.05, 0.1) is 0 Å². The molecular formula is C5H8NY-. The summed E-state index contributed by atoms with van der Waals surface area (Å²) in [6, 6.07) is 0. The summed E-state index contributed by atoms with van der Waals surface area (Å²) in [5, 5.41) is 0. The van der Waals surface area contributed by atoms with E-state index < -0.39 is 0 Å². The first-order chi connectivity index (χ1) is 2.89. The molecule has 0 amide bonds. The third-order valence-electron chi connectivity index (χ3n) is 0.921. The van der Waals surface area contributed by atoms with E-state index in [1.807, 2.05) is 7.05 Å². The van der Waals surface area contributed by atoms with E-state index >= 15 is 0 Å². The van der Waals surface area contributed by atoms with Gasteiger partial charge in [-0.1, -0.05) is 6.42 Å². The van der Waals surface area contributed by atoms with Crippen molar-refractivity contribution < 1.29 is 32.7 Å². The van der Waals surface area contributed by atoms with E-state index in [-0.39, 0.29) is 32.7 Å². The third-order valence-corrected chi connectivity index (χ3v) is 0.921. The van der Waals surface area contributed by atoms with Gasteiger partial charge in [0.1, 0.15) is 0 Å². The molecule has 0 fully saturated rings. The SMILES string of the molecule is CN1[C-]=CCC1.[Y]. The molecule has 2 heteroatoms. The van der Waals surface area contributed by atoms with Gasteiger partial charge in [-0.25, -0.2) is 0 Å². The third kappa shape index (κ3) is 2.45. The minimum Gasteiger partial charge on any atom is -0.557 e. The average molecular weight is 171 g/mol. The molecule has 1 nitrogen and oxygen atoms in total. The molecule has 0 atom stereocenters. The minimum atomic E-state index is 0. The largest absolute Gasteiger partial charge is 0.557 e. The van der Waals surface area contributed by atoms with Crippen LogP contribution in [0.5, 0.6) is 0 Å². The summed E-state index contributed by atoms with van der Waals surface area (Å²) in [5.74, 6) is 0. The topological polar surface area (TPSA) is 3.24 Å². The first-order valence-corrected chi connectivity index (χ1v) is 2.18. The fraction of sp³-hybridized carbons (Fsp3) is 0.600. The van der Waals surface area contributed by atoms with Crippen molar-refractivity contribution in [3.63, 3.8) is 0 Å². The Morgan fingerprint density at radius 2 is 2.43 bits per heavy atom. The zero-order valence-corrected chi connectivity index (χ0v) is 7.35. The molecule has 1 aliphatic heterocycles. The molecule has 0 aromatic carbocycles. The van der Waals surface area contributed by atoms with Crippen LogP contribution in [-0.2, 0) is 32.7 Å². The Kier molecular flexibility index (Phi) is 3.96. The van der Waals surface area contributed by atoms with Crippen molar-refractivity contribution in [1.82, 2.24) is 4.90 Å². The monoisotopic (exact) mass is 171 g/mol. The molecule has 0 aromatic rings. The summed E-state index contributed by atoms with van der Waals surface area (Å²) in [4.78, 5) is 2.06. The Bertz CT molecular complexity index is 70.5. The van der Waals surface area contributed by atoms with Crippen molar-refractivity contribution >= 4 is 0 Å². The van der Waals surface area contributed by atoms with Gasteiger partial charge >= 0.3 is 0 Å². The molecule has 0 spiro atoms. The number of rotatable bonds is 0. The first kappa shape index (κ1) is 7.64. The molecule has 1 radical (unpaired) electrons. The van der Waals surface area contributed by atoms with Gasteiger partial charge in [-0.05, 0) is 13.6 Å². The maximum atomic E-state index is 3.03. The van der Waals surface area contributed by atoms with E-state index in [2.05, 4.69) is 17.2 Å². The van der Waals surface area contributed by atoms with Crippen LogP contribution in [0.4, 0.5) is 0 Å². The van der Waals surface area contributed by atoms with Crippen LogP contribution in [-0.4, -0.2) is 18.5 Å². The molecule has 1 rings (SSSR count). The molecule has 0 N–H and O–H groups in total. The number of hydrogen-bond donors (Lipinski definition) is 0.